The number of carbonyl (C=O) groups excluding carboxylic acids is 4. The van der Waals surface area contributed by atoms with E-state index < -0.39 is 97.5 Å². The SMILES string of the molecule is CCCCCCCCCCCCCC(=O)O[C@H](COC(=O)CCCCCCCCCC(C)C)COP(=O)(O)OC[C@H](O)COP(=O)(O)OC[C@@H](COC(=O)CCCCCCCCCCCCC(C)C)OC(=O)CCCCCCCCCCCCCCCCCCCCC(C)C. The lowest BCUT2D eigenvalue weighted by atomic mass is 10.0. The van der Waals surface area contributed by atoms with Crippen molar-refractivity contribution >= 4 is 39.5 Å². The predicted molar refractivity (Wildman–Crippen MR) is 386 cm³/mol. The summed E-state index contributed by atoms with van der Waals surface area (Å²) in [6, 6.07) is 0. The Labute approximate surface area is 581 Å². The third kappa shape index (κ3) is 70.3. The fourth-order valence-corrected chi connectivity index (χ4v) is 13.2. The van der Waals surface area contributed by atoms with Crippen LogP contribution >= 0.6 is 15.6 Å². The quantitative estimate of drug-likeness (QED) is 0.0222. The van der Waals surface area contributed by atoms with Crippen LogP contribution in [0.1, 0.15) is 389 Å². The number of hydrogen-bond donors (Lipinski definition) is 3. The number of phosphoric acid groups is 2. The smallest absolute Gasteiger partial charge is 0.462 e. The van der Waals surface area contributed by atoms with Gasteiger partial charge in [0.2, 0.25) is 0 Å². The minimum atomic E-state index is -4.96. The highest BCUT2D eigenvalue weighted by atomic mass is 31.2. The summed E-state index contributed by atoms with van der Waals surface area (Å²) in [4.78, 5) is 72.7. The molecule has 0 heterocycles. The van der Waals surface area contributed by atoms with Gasteiger partial charge in [-0.05, 0) is 43.4 Å². The molecule has 17 nitrogen and oxygen atoms in total. The standard InChI is InChI=1S/C76H148O17P2/c1-8-9-10-11-12-13-22-30-37-45-52-59-75(80)93-72(64-87-74(79)58-51-44-39-32-35-42-49-56-69(6)7)66-91-95(84,85)89-62-70(77)61-88-94(82,83)90-65-71(63-86-73(78)57-50-43-36-29-26-25-28-34-41-48-55-68(4)5)92-76(81)60-53-46-38-31-24-21-19-17-15-14-16-18-20-23-27-33-40-47-54-67(2)3/h67-72,77H,8-66H2,1-7H3,(H,82,83)(H,84,85)/t70-,71-,72-/m1/s1. The van der Waals surface area contributed by atoms with Crippen molar-refractivity contribution in [3.63, 3.8) is 0 Å². The number of hydrogen-bond acceptors (Lipinski definition) is 15. The highest BCUT2D eigenvalue weighted by molar-refractivity contribution is 7.47. The van der Waals surface area contributed by atoms with Crippen molar-refractivity contribution in [3.05, 3.63) is 0 Å². The van der Waals surface area contributed by atoms with Crippen molar-refractivity contribution in [3.8, 4) is 0 Å². The minimum Gasteiger partial charge on any atom is -0.462 e. The van der Waals surface area contributed by atoms with Crippen molar-refractivity contribution in [1.29, 1.82) is 0 Å². The summed E-state index contributed by atoms with van der Waals surface area (Å²) in [5.74, 6) is 0.165. The molecule has 0 saturated carbocycles. The fourth-order valence-electron chi connectivity index (χ4n) is 11.6. The molecule has 0 aromatic heterocycles. The second-order valence-corrected chi connectivity index (χ2v) is 31.7. The van der Waals surface area contributed by atoms with E-state index in [4.69, 9.17) is 37.0 Å². The molecule has 0 aromatic rings. The summed E-state index contributed by atoms with van der Waals surface area (Å²) in [7, 11) is -9.91. The van der Waals surface area contributed by atoms with Gasteiger partial charge in [-0.2, -0.15) is 0 Å². The number of ether oxygens (including phenoxy) is 4. The molecule has 0 saturated heterocycles. The van der Waals surface area contributed by atoms with E-state index in [0.29, 0.717) is 31.6 Å². The maximum Gasteiger partial charge on any atom is 0.472 e. The molecule has 564 valence electrons. The van der Waals surface area contributed by atoms with Crippen molar-refractivity contribution < 1.29 is 80.2 Å². The molecule has 0 fully saturated rings. The Morgan fingerprint density at radius 2 is 0.484 bits per heavy atom. The van der Waals surface area contributed by atoms with Crippen LogP contribution in [0.4, 0.5) is 0 Å². The summed E-state index contributed by atoms with van der Waals surface area (Å²) >= 11 is 0. The molecule has 5 atom stereocenters. The Kier molecular flexibility index (Phi) is 65.2. The van der Waals surface area contributed by atoms with Gasteiger partial charge in [0, 0.05) is 25.7 Å². The highest BCUT2D eigenvalue weighted by Gasteiger charge is 2.30. The second-order valence-electron chi connectivity index (χ2n) is 28.8. The number of aliphatic hydroxyl groups is 1. The number of aliphatic hydroxyl groups excluding tert-OH is 1. The molecule has 19 heteroatoms. The van der Waals surface area contributed by atoms with E-state index in [0.717, 1.165) is 108 Å². The average molecular weight is 1400 g/mol. The van der Waals surface area contributed by atoms with E-state index in [1.165, 1.54) is 193 Å². The third-order valence-corrected chi connectivity index (χ3v) is 19.5. The Morgan fingerprint density at radius 3 is 0.716 bits per heavy atom. The van der Waals surface area contributed by atoms with Crippen LogP contribution in [0.2, 0.25) is 0 Å². The Balaban J connectivity index is 5.20. The van der Waals surface area contributed by atoms with Gasteiger partial charge in [0.1, 0.15) is 19.3 Å². The number of carbonyl (C=O) groups is 4. The molecule has 0 aliphatic heterocycles. The zero-order valence-corrected chi connectivity index (χ0v) is 63.9. The summed E-state index contributed by atoms with van der Waals surface area (Å²) in [5.41, 5.74) is 0. The van der Waals surface area contributed by atoms with Gasteiger partial charge in [0.15, 0.2) is 12.2 Å². The van der Waals surface area contributed by atoms with Gasteiger partial charge in [-0.3, -0.25) is 37.3 Å². The first kappa shape index (κ1) is 93.1. The van der Waals surface area contributed by atoms with Gasteiger partial charge >= 0.3 is 39.5 Å². The molecule has 95 heavy (non-hydrogen) atoms. The Bertz CT molecular complexity index is 1850. The second kappa shape index (κ2) is 66.6. The summed E-state index contributed by atoms with van der Waals surface area (Å²) in [6.07, 6.45) is 52.9. The number of esters is 4. The number of rotatable bonds is 74. The van der Waals surface area contributed by atoms with E-state index in [9.17, 15) is 43.2 Å². The van der Waals surface area contributed by atoms with Gasteiger partial charge in [-0.1, -0.05) is 337 Å². The zero-order chi connectivity index (χ0) is 70.1. The van der Waals surface area contributed by atoms with E-state index in [1.807, 2.05) is 0 Å². The maximum atomic E-state index is 13.1. The van der Waals surface area contributed by atoms with Crippen molar-refractivity contribution in [2.45, 2.75) is 407 Å². The van der Waals surface area contributed by atoms with E-state index in [2.05, 4.69) is 48.5 Å². The minimum absolute atomic E-state index is 0.106. The van der Waals surface area contributed by atoms with Crippen LogP contribution < -0.4 is 0 Å². The van der Waals surface area contributed by atoms with Crippen LogP contribution in [-0.4, -0.2) is 96.7 Å². The van der Waals surface area contributed by atoms with Crippen LogP contribution in [0.5, 0.6) is 0 Å². The first-order valence-electron chi connectivity index (χ1n) is 39.3. The first-order valence-corrected chi connectivity index (χ1v) is 42.3. The first-order chi connectivity index (χ1) is 45.7. The van der Waals surface area contributed by atoms with E-state index in [-0.39, 0.29) is 25.7 Å². The zero-order valence-electron chi connectivity index (χ0n) is 62.1. The lowest BCUT2D eigenvalue weighted by Crippen LogP contribution is -2.30. The lowest BCUT2D eigenvalue weighted by molar-refractivity contribution is -0.161. The van der Waals surface area contributed by atoms with Gasteiger partial charge in [-0.25, -0.2) is 9.13 Å². The molecule has 0 spiro atoms. The number of phosphoric ester groups is 2. The summed E-state index contributed by atoms with van der Waals surface area (Å²) in [5, 5.41) is 10.6. The molecule has 0 amide bonds. The van der Waals surface area contributed by atoms with Crippen LogP contribution in [0.15, 0.2) is 0 Å². The molecular formula is C76H148O17P2. The van der Waals surface area contributed by atoms with E-state index in [1.54, 1.807) is 0 Å². The largest absolute Gasteiger partial charge is 0.472 e. The molecule has 0 rings (SSSR count). The average Bonchev–Trinajstić information content (AvgIpc) is 1.61. The Hall–Kier alpha value is -1.94. The molecule has 0 aromatic carbocycles. The molecule has 2 unspecified atom stereocenters. The maximum absolute atomic E-state index is 13.1. The van der Waals surface area contributed by atoms with Gasteiger partial charge < -0.3 is 33.8 Å². The van der Waals surface area contributed by atoms with Crippen LogP contribution in [0, 0.1) is 17.8 Å². The van der Waals surface area contributed by atoms with E-state index >= 15 is 0 Å². The van der Waals surface area contributed by atoms with Crippen LogP contribution in [0.25, 0.3) is 0 Å². The number of unbranched alkanes of at least 4 members (excludes halogenated alkanes) is 42. The monoisotopic (exact) mass is 1400 g/mol. The fraction of sp³-hybridized carbons (Fsp3) is 0.947. The van der Waals surface area contributed by atoms with Crippen LogP contribution in [0.3, 0.4) is 0 Å². The molecule has 0 radical (unpaired) electrons. The van der Waals surface area contributed by atoms with Crippen LogP contribution in [-0.2, 0) is 65.4 Å². The third-order valence-electron chi connectivity index (χ3n) is 17.6. The summed E-state index contributed by atoms with van der Waals surface area (Å²) in [6.45, 7) is 11.9. The lowest BCUT2D eigenvalue weighted by Gasteiger charge is -2.21. The highest BCUT2D eigenvalue weighted by Crippen LogP contribution is 2.45. The predicted octanol–water partition coefficient (Wildman–Crippen LogP) is 22.2. The molecule has 0 aliphatic rings. The van der Waals surface area contributed by atoms with Crippen molar-refractivity contribution in [2.24, 2.45) is 17.8 Å². The van der Waals surface area contributed by atoms with Gasteiger partial charge in [0.05, 0.1) is 26.4 Å². The van der Waals surface area contributed by atoms with Gasteiger partial charge in [-0.15, -0.1) is 0 Å². The summed E-state index contributed by atoms with van der Waals surface area (Å²) < 4.78 is 68.5. The van der Waals surface area contributed by atoms with Crippen molar-refractivity contribution in [2.75, 3.05) is 39.6 Å². The topological polar surface area (TPSA) is 237 Å². The molecule has 0 bridgehead atoms. The normalized spacial score (nSPS) is 14.1. The molecule has 0 aliphatic carbocycles. The molecular weight excluding hydrogens is 1250 g/mol. The Morgan fingerprint density at radius 1 is 0.284 bits per heavy atom. The molecule has 3 N–H and O–H groups in total. The van der Waals surface area contributed by atoms with Crippen molar-refractivity contribution in [1.82, 2.24) is 0 Å². The van der Waals surface area contributed by atoms with Gasteiger partial charge in [0.25, 0.3) is 0 Å².